The molecule has 0 spiro atoms. The highest BCUT2D eigenvalue weighted by molar-refractivity contribution is 5.71. The minimum atomic E-state index is -0.174. The van der Waals surface area contributed by atoms with E-state index in [1.54, 1.807) is 6.08 Å². The van der Waals surface area contributed by atoms with E-state index < -0.39 is 0 Å². The lowest BCUT2D eigenvalue weighted by Crippen LogP contribution is -2.14. The van der Waals surface area contributed by atoms with Crippen LogP contribution in [0.3, 0.4) is 0 Å². The average Bonchev–Trinajstić information content (AvgIpc) is 2.25. The molecule has 0 aliphatic heterocycles. The van der Waals surface area contributed by atoms with Crippen molar-refractivity contribution in [3.05, 3.63) is 36.0 Å². The second kappa shape index (κ2) is 8.80. The van der Waals surface area contributed by atoms with E-state index >= 15 is 0 Å². The maximum absolute atomic E-state index is 11.3. The molecule has 96 valence electrons. The summed E-state index contributed by atoms with van der Waals surface area (Å²) >= 11 is 0. The number of hydrogen-bond donors (Lipinski definition) is 0. The molecule has 2 heteroatoms. The monoisotopic (exact) mass is 236 g/mol. The Labute approximate surface area is 105 Å². The molecule has 0 aromatic rings. The molecule has 1 unspecified atom stereocenters. The summed E-state index contributed by atoms with van der Waals surface area (Å²) in [6.45, 7) is 12.4. The molecular formula is C15H24O2. The van der Waals surface area contributed by atoms with Gasteiger partial charge in [-0.3, -0.25) is 4.79 Å². The first kappa shape index (κ1) is 15.7. The average molecular weight is 236 g/mol. The van der Waals surface area contributed by atoms with Crippen LogP contribution < -0.4 is 0 Å². The van der Waals surface area contributed by atoms with E-state index in [-0.39, 0.29) is 11.9 Å². The molecule has 0 N–H and O–H groups in total. The predicted octanol–water partition coefficient (Wildman–Crippen LogP) is 4.04. The Bertz CT molecular complexity index is 307. The summed E-state index contributed by atoms with van der Waals surface area (Å²) in [7, 11) is 0. The number of ether oxygens (including phenoxy) is 1. The Kier molecular flexibility index (Phi) is 8.12. The van der Waals surface area contributed by atoms with Gasteiger partial charge in [0.1, 0.15) is 0 Å². The topological polar surface area (TPSA) is 26.3 Å². The molecule has 0 bridgehead atoms. The Morgan fingerprint density at radius 1 is 1.35 bits per heavy atom. The number of hydrogen-bond acceptors (Lipinski definition) is 2. The van der Waals surface area contributed by atoms with Crippen molar-refractivity contribution in [1.29, 1.82) is 0 Å². The molecule has 0 fully saturated rings. The van der Waals surface area contributed by atoms with Gasteiger partial charge in [0.05, 0.1) is 13.0 Å². The first-order valence-electron chi connectivity index (χ1n) is 6.03. The molecule has 0 aromatic carbocycles. The van der Waals surface area contributed by atoms with Crippen LogP contribution >= 0.6 is 0 Å². The quantitative estimate of drug-likeness (QED) is 0.492. The lowest BCUT2D eigenvalue weighted by Gasteiger charge is -2.15. The Morgan fingerprint density at radius 2 is 2.00 bits per heavy atom. The zero-order valence-corrected chi connectivity index (χ0v) is 11.5. The van der Waals surface area contributed by atoms with Gasteiger partial charge in [-0.05, 0) is 34.1 Å². The zero-order chi connectivity index (χ0) is 13.3. The standard InChI is InChI=1S/C15H24O2/c1-6-7-8-15(16)17-11-14(13(4)5)10-9-12(2)3/h6-7,9,14H,4,8,10-11H2,1-3,5H3/b7-6+. The second-order valence-corrected chi connectivity index (χ2v) is 4.52. The summed E-state index contributed by atoms with van der Waals surface area (Å²) in [6.07, 6.45) is 7.03. The fraction of sp³-hybridized carbons (Fsp3) is 0.533. The van der Waals surface area contributed by atoms with Gasteiger partial charge in [0.15, 0.2) is 0 Å². The lowest BCUT2D eigenvalue weighted by molar-refractivity contribution is -0.143. The van der Waals surface area contributed by atoms with Gasteiger partial charge in [0.2, 0.25) is 0 Å². The molecule has 0 aromatic heterocycles. The van der Waals surface area contributed by atoms with Gasteiger partial charge >= 0.3 is 5.97 Å². The number of carbonyl (C=O) groups excluding carboxylic acids is 1. The van der Waals surface area contributed by atoms with Crippen LogP contribution in [0.1, 0.15) is 40.5 Å². The molecule has 1 atom stereocenters. The van der Waals surface area contributed by atoms with Crippen molar-refractivity contribution in [2.24, 2.45) is 5.92 Å². The molecular weight excluding hydrogens is 212 g/mol. The van der Waals surface area contributed by atoms with Gasteiger partial charge in [0.25, 0.3) is 0 Å². The molecule has 2 nitrogen and oxygen atoms in total. The van der Waals surface area contributed by atoms with Gasteiger partial charge in [-0.15, -0.1) is 0 Å². The lowest BCUT2D eigenvalue weighted by atomic mass is 9.98. The molecule has 0 rings (SSSR count). The molecule has 0 amide bonds. The van der Waals surface area contributed by atoms with Crippen LogP contribution in [0.5, 0.6) is 0 Å². The van der Waals surface area contributed by atoms with E-state index in [2.05, 4.69) is 26.5 Å². The largest absolute Gasteiger partial charge is 0.465 e. The first-order valence-corrected chi connectivity index (χ1v) is 6.03. The van der Waals surface area contributed by atoms with Crippen LogP contribution in [0.25, 0.3) is 0 Å². The van der Waals surface area contributed by atoms with Gasteiger partial charge < -0.3 is 4.74 Å². The van der Waals surface area contributed by atoms with Crippen molar-refractivity contribution in [3.8, 4) is 0 Å². The summed E-state index contributed by atoms with van der Waals surface area (Å²) < 4.78 is 5.22. The Morgan fingerprint density at radius 3 is 2.47 bits per heavy atom. The van der Waals surface area contributed by atoms with Crippen molar-refractivity contribution in [3.63, 3.8) is 0 Å². The molecule has 0 radical (unpaired) electrons. The molecule has 0 heterocycles. The van der Waals surface area contributed by atoms with E-state index in [1.807, 2.05) is 19.9 Å². The highest BCUT2D eigenvalue weighted by Gasteiger charge is 2.10. The zero-order valence-electron chi connectivity index (χ0n) is 11.5. The highest BCUT2D eigenvalue weighted by atomic mass is 16.5. The Hall–Kier alpha value is -1.31. The van der Waals surface area contributed by atoms with Gasteiger partial charge in [-0.2, -0.15) is 0 Å². The van der Waals surface area contributed by atoms with E-state index in [4.69, 9.17) is 4.74 Å². The van der Waals surface area contributed by atoms with Crippen LogP contribution in [0.2, 0.25) is 0 Å². The normalized spacial score (nSPS) is 12.2. The van der Waals surface area contributed by atoms with Crippen LogP contribution in [-0.4, -0.2) is 12.6 Å². The third-order valence-electron chi connectivity index (χ3n) is 2.47. The predicted molar refractivity (Wildman–Crippen MR) is 72.7 cm³/mol. The van der Waals surface area contributed by atoms with Crippen LogP contribution in [0, 0.1) is 5.92 Å². The highest BCUT2D eigenvalue weighted by Crippen LogP contribution is 2.15. The minimum Gasteiger partial charge on any atom is -0.465 e. The smallest absolute Gasteiger partial charge is 0.309 e. The van der Waals surface area contributed by atoms with Crippen molar-refractivity contribution < 1.29 is 9.53 Å². The fourth-order valence-electron chi connectivity index (χ4n) is 1.26. The number of allylic oxidation sites excluding steroid dienone is 3. The summed E-state index contributed by atoms with van der Waals surface area (Å²) in [6, 6.07) is 0. The van der Waals surface area contributed by atoms with E-state index in [9.17, 15) is 4.79 Å². The molecule has 0 aliphatic rings. The summed E-state index contributed by atoms with van der Waals surface area (Å²) in [4.78, 5) is 11.3. The first-order chi connectivity index (χ1) is 7.97. The number of carbonyl (C=O) groups is 1. The van der Waals surface area contributed by atoms with E-state index in [1.165, 1.54) is 5.57 Å². The summed E-state index contributed by atoms with van der Waals surface area (Å²) in [5.74, 6) is 0.0472. The van der Waals surface area contributed by atoms with Gasteiger partial charge in [-0.1, -0.05) is 36.0 Å². The van der Waals surface area contributed by atoms with Crippen LogP contribution in [0.4, 0.5) is 0 Å². The molecule has 0 saturated heterocycles. The number of rotatable bonds is 7. The maximum Gasteiger partial charge on any atom is 0.309 e. The van der Waals surface area contributed by atoms with Gasteiger partial charge in [0, 0.05) is 5.92 Å². The second-order valence-electron chi connectivity index (χ2n) is 4.52. The van der Waals surface area contributed by atoms with Crippen LogP contribution in [0.15, 0.2) is 36.0 Å². The SMILES string of the molecule is C=C(C)C(CC=C(C)C)COC(=O)C/C=C/C. The third kappa shape index (κ3) is 8.49. The van der Waals surface area contributed by atoms with Crippen molar-refractivity contribution >= 4 is 5.97 Å². The van der Waals surface area contributed by atoms with Crippen LogP contribution in [-0.2, 0) is 9.53 Å². The molecule has 0 aliphatic carbocycles. The van der Waals surface area contributed by atoms with Crippen molar-refractivity contribution in [2.45, 2.75) is 40.5 Å². The van der Waals surface area contributed by atoms with Crippen molar-refractivity contribution in [2.75, 3.05) is 6.61 Å². The van der Waals surface area contributed by atoms with Crippen molar-refractivity contribution in [1.82, 2.24) is 0 Å². The Balaban J connectivity index is 4.14. The minimum absolute atomic E-state index is 0.174. The maximum atomic E-state index is 11.3. The molecule has 0 saturated carbocycles. The summed E-state index contributed by atoms with van der Waals surface area (Å²) in [5.41, 5.74) is 2.33. The molecule has 17 heavy (non-hydrogen) atoms. The van der Waals surface area contributed by atoms with E-state index in [0.29, 0.717) is 13.0 Å². The van der Waals surface area contributed by atoms with Gasteiger partial charge in [-0.25, -0.2) is 0 Å². The van der Waals surface area contributed by atoms with E-state index in [0.717, 1.165) is 12.0 Å². The fourth-order valence-corrected chi connectivity index (χ4v) is 1.26. The third-order valence-corrected chi connectivity index (χ3v) is 2.47. The summed E-state index contributed by atoms with van der Waals surface area (Å²) in [5, 5.41) is 0. The number of esters is 1.